The van der Waals surface area contributed by atoms with Crippen LogP contribution in [0.15, 0.2) is 42.5 Å². The molecule has 2 N–H and O–H groups in total. The highest BCUT2D eigenvalue weighted by molar-refractivity contribution is 5.96. The highest BCUT2D eigenvalue weighted by Gasteiger charge is 2.13. The third-order valence-corrected chi connectivity index (χ3v) is 4.14. The van der Waals surface area contributed by atoms with E-state index < -0.39 is 0 Å². The van der Waals surface area contributed by atoms with Crippen molar-refractivity contribution in [2.45, 2.75) is 19.8 Å². The van der Waals surface area contributed by atoms with Crippen LogP contribution in [0.5, 0.6) is 0 Å². The first-order chi connectivity index (χ1) is 12.1. The van der Waals surface area contributed by atoms with Gasteiger partial charge in [0.25, 0.3) is 0 Å². The second-order valence-electron chi connectivity index (χ2n) is 6.33. The van der Waals surface area contributed by atoms with Gasteiger partial charge in [0.2, 0.25) is 5.95 Å². The lowest BCUT2D eigenvalue weighted by molar-refractivity contribution is 0.640. The van der Waals surface area contributed by atoms with E-state index in [0.717, 1.165) is 35.4 Å². The normalized spacial score (nSPS) is 11.2. The van der Waals surface area contributed by atoms with Crippen LogP contribution in [0.2, 0.25) is 0 Å². The molecule has 5 heteroatoms. The van der Waals surface area contributed by atoms with Crippen molar-refractivity contribution in [1.82, 2.24) is 15.3 Å². The van der Waals surface area contributed by atoms with Crippen LogP contribution in [0.4, 0.5) is 10.3 Å². The minimum atomic E-state index is -0.218. The van der Waals surface area contributed by atoms with E-state index in [9.17, 15) is 4.39 Å². The number of hydrogen-bond donors (Lipinski definition) is 2. The predicted molar refractivity (Wildman–Crippen MR) is 101 cm³/mol. The molecule has 25 heavy (non-hydrogen) atoms. The SMILES string of the molecule is CNCCNc1nc(-c2ccc(F)c3ccccc23)cc(C(C)C)n1. The first kappa shape index (κ1) is 17.3. The fourth-order valence-corrected chi connectivity index (χ4v) is 2.76. The van der Waals surface area contributed by atoms with E-state index in [4.69, 9.17) is 0 Å². The van der Waals surface area contributed by atoms with Gasteiger partial charge in [0.1, 0.15) is 5.82 Å². The lowest BCUT2D eigenvalue weighted by Gasteiger charge is -2.13. The number of nitrogens with zero attached hydrogens (tertiary/aromatic N) is 2. The zero-order valence-corrected chi connectivity index (χ0v) is 14.8. The molecule has 1 aromatic heterocycles. The summed E-state index contributed by atoms with van der Waals surface area (Å²) in [6.07, 6.45) is 0. The zero-order valence-electron chi connectivity index (χ0n) is 14.8. The van der Waals surface area contributed by atoms with Crippen LogP contribution in [0.3, 0.4) is 0 Å². The molecule has 0 saturated carbocycles. The van der Waals surface area contributed by atoms with Crippen molar-refractivity contribution in [3.05, 3.63) is 54.0 Å². The Kier molecular flexibility index (Phi) is 5.24. The molecule has 130 valence electrons. The van der Waals surface area contributed by atoms with E-state index in [0.29, 0.717) is 11.3 Å². The van der Waals surface area contributed by atoms with Gasteiger partial charge in [-0.05, 0) is 36.6 Å². The van der Waals surface area contributed by atoms with Gasteiger partial charge in [0.15, 0.2) is 0 Å². The molecule has 4 nitrogen and oxygen atoms in total. The van der Waals surface area contributed by atoms with Gasteiger partial charge in [0, 0.05) is 29.7 Å². The molecular formula is C20H23FN4. The third kappa shape index (κ3) is 3.77. The first-order valence-electron chi connectivity index (χ1n) is 8.55. The molecule has 0 aliphatic heterocycles. The number of nitrogens with one attached hydrogen (secondary N) is 2. The van der Waals surface area contributed by atoms with Crippen molar-refractivity contribution in [2.24, 2.45) is 0 Å². The number of likely N-dealkylation sites (N-methyl/N-ethyl adjacent to an activating group) is 1. The molecule has 0 radical (unpaired) electrons. The summed E-state index contributed by atoms with van der Waals surface area (Å²) >= 11 is 0. The van der Waals surface area contributed by atoms with Crippen LogP contribution >= 0.6 is 0 Å². The van der Waals surface area contributed by atoms with Crippen LogP contribution in [-0.2, 0) is 0 Å². The number of hydrogen-bond acceptors (Lipinski definition) is 4. The van der Waals surface area contributed by atoms with Gasteiger partial charge in [-0.3, -0.25) is 0 Å². The summed E-state index contributed by atoms with van der Waals surface area (Å²) in [7, 11) is 1.91. The second kappa shape index (κ2) is 7.57. The Morgan fingerprint density at radius 1 is 1.00 bits per heavy atom. The Labute approximate surface area is 147 Å². The molecule has 0 saturated heterocycles. The van der Waals surface area contributed by atoms with E-state index in [1.54, 1.807) is 12.1 Å². The van der Waals surface area contributed by atoms with E-state index >= 15 is 0 Å². The molecular weight excluding hydrogens is 315 g/mol. The molecule has 2 aromatic carbocycles. The van der Waals surface area contributed by atoms with Crippen LogP contribution in [0.1, 0.15) is 25.5 Å². The van der Waals surface area contributed by atoms with Crippen molar-refractivity contribution in [3.63, 3.8) is 0 Å². The van der Waals surface area contributed by atoms with Gasteiger partial charge in [0.05, 0.1) is 5.69 Å². The van der Waals surface area contributed by atoms with E-state index in [1.165, 1.54) is 6.07 Å². The number of rotatable bonds is 6. The number of anilines is 1. The topological polar surface area (TPSA) is 49.8 Å². The molecule has 0 unspecified atom stereocenters. The van der Waals surface area contributed by atoms with E-state index in [-0.39, 0.29) is 11.7 Å². The van der Waals surface area contributed by atoms with Gasteiger partial charge >= 0.3 is 0 Å². The summed E-state index contributed by atoms with van der Waals surface area (Å²) in [5.41, 5.74) is 2.69. The lowest BCUT2D eigenvalue weighted by atomic mass is 10.00. The Bertz CT molecular complexity index is 877. The number of benzene rings is 2. The molecule has 3 rings (SSSR count). The Balaban J connectivity index is 2.11. The van der Waals surface area contributed by atoms with Gasteiger partial charge in [-0.2, -0.15) is 0 Å². The Morgan fingerprint density at radius 2 is 1.76 bits per heavy atom. The summed E-state index contributed by atoms with van der Waals surface area (Å²) in [6.45, 7) is 5.77. The maximum absolute atomic E-state index is 14.1. The quantitative estimate of drug-likeness (QED) is 0.662. The average Bonchev–Trinajstić information content (AvgIpc) is 2.62. The smallest absolute Gasteiger partial charge is 0.223 e. The van der Waals surface area contributed by atoms with Gasteiger partial charge in [-0.1, -0.05) is 38.1 Å². The van der Waals surface area contributed by atoms with Gasteiger partial charge < -0.3 is 10.6 Å². The molecule has 0 atom stereocenters. The van der Waals surface area contributed by atoms with Crippen LogP contribution in [0.25, 0.3) is 22.0 Å². The summed E-state index contributed by atoms with van der Waals surface area (Å²) in [5.74, 6) is 0.660. The van der Waals surface area contributed by atoms with E-state index in [2.05, 4.69) is 34.4 Å². The fourth-order valence-electron chi connectivity index (χ4n) is 2.76. The molecule has 1 heterocycles. The maximum atomic E-state index is 14.1. The Hall–Kier alpha value is -2.53. The molecule has 0 aliphatic rings. The summed E-state index contributed by atoms with van der Waals surface area (Å²) in [5, 5.41) is 7.81. The fraction of sp³-hybridized carbons (Fsp3) is 0.300. The standard InChI is InChI=1S/C20H23FN4/c1-13(2)18-12-19(25-20(24-18)23-11-10-22-3)16-8-9-17(21)15-7-5-4-6-14(15)16/h4-9,12-13,22H,10-11H2,1-3H3,(H,23,24,25). The third-order valence-electron chi connectivity index (χ3n) is 4.14. The van der Waals surface area contributed by atoms with Gasteiger partial charge in [-0.25, -0.2) is 14.4 Å². The maximum Gasteiger partial charge on any atom is 0.223 e. The van der Waals surface area contributed by atoms with Crippen molar-refractivity contribution in [2.75, 3.05) is 25.5 Å². The molecule has 0 fully saturated rings. The molecule has 0 amide bonds. The lowest BCUT2D eigenvalue weighted by Crippen LogP contribution is -2.19. The number of halogens is 1. The molecule has 0 bridgehead atoms. The average molecular weight is 338 g/mol. The van der Waals surface area contributed by atoms with Crippen molar-refractivity contribution in [1.29, 1.82) is 0 Å². The number of fused-ring (bicyclic) bond motifs is 1. The summed E-state index contributed by atoms with van der Waals surface area (Å²) < 4.78 is 14.1. The van der Waals surface area contributed by atoms with Crippen molar-refractivity contribution in [3.8, 4) is 11.3 Å². The van der Waals surface area contributed by atoms with Crippen molar-refractivity contribution < 1.29 is 4.39 Å². The van der Waals surface area contributed by atoms with Crippen molar-refractivity contribution >= 4 is 16.7 Å². The van der Waals surface area contributed by atoms with Gasteiger partial charge in [-0.15, -0.1) is 0 Å². The van der Waals surface area contributed by atoms with Crippen LogP contribution in [0, 0.1) is 5.82 Å². The monoisotopic (exact) mass is 338 g/mol. The highest BCUT2D eigenvalue weighted by Crippen LogP contribution is 2.31. The molecule has 0 spiro atoms. The summed E-state index contributed by atoms with van der Waals surface area (Å²) in [4.78, 5) is 9.27. The Morgan fingerprint density at radius 3 is 2.48 bits per heavy atom. The molecule has 3 aromatic rings. The van der Waals surface area contributed by atoms with E-state index in [1.807, 2.05) is 31.3 Å². The minimum Gasteiger partial charge on any atom is -0.353 e. The first-order valence-corrected chi connectivity index (χ1v) is 8.55. The zero-order chi connectivity index (χ0) is 17.8. The molecule has 0 aliphatic carbocycles. The summed E-state index contributed by atoms with van der Waals surface area (Å²) in [6, 6.07) is 12.8. The largest absolute Gasteiger partial charge is 0.353 e. The highest BCUT2D eigenvalue weighted by atomic mass is 19.1. The second-order valence-corrected chi connectivity index (χ2v) is 6.33. The number of aromatic nitrogens is 2. The minimum absolute atomic E-state index is 0.218. The predicted octanol–water partition coefficient (Wildman–Crippen LogP) is 4.19. The van der Waals surface area contributed by atoms with Crippen LogP contribution in [-0.4, -0.2) is 30.1 Å². The van der Waals surface area contributed by atoms with Crippen LogP contribution < -0.4 is 10.6 Å².